The molecular weight excluding hydrogens is 248 g/mol. The van der Waals surface area contributed by atoms with Crippen LogP contribution in [0.3, 0.4) is 0 Å². The number of hydrogen-bond acceptors (Lipinski definition) is 2. The minimum absolute atomic E-state index is 0.594. The lowest BCUT2D eigenvalue weighted by Crippen LogP contribution is -2.25. The van der Waals surface area contributed by atoms with Crippen LogP contribution in [0, 0.1) is 19.8 Å². The summed E-state index contributed by atoms with van der Waals surface area (Å²) in [6.07, 6.45) is 2.41. The van der Waals surface area contributed by atoms with Crippen molar-refractivity contribution in [1.82, 2.24) is 9.78 Å². The zero-order valence-corrected chi connectivity index (χ0v) is 12.5. The van der Waals surface area contributed by atoms with Crippen LogP contribution in [0.5, 0.6) is 5.88 Å². The fraction of sp³-hybridized carbons (Fsp3) is 0.471. The third-order valence-electron chi connectivity index (χ3n) is 4.12. The maximum atomic E-state index is 5.96. The zero-order chi connectivity index (χ0) is 14.1. The van der Waals surface area contributed by atoms with Gasteiger partial charge in [0.25, 0.3) is 0 Å². The summed E-state index contributed by atoms with van der Waals surface area (Å²) in [4.78, 5) is 0. The van der Waals surface area contributed by atoms with Gasteiger partial charge in [0, 0.05) is 17.0 Å². The molecule has 0 amide bonds. The van der Waals surface area contributed by atoms with E-state index in [1.807, 2.05) is 0 Å². The Balaban J connectivity index is 1.98. The van der Waals surface area contributed by atoms with Crippen LogP contribution in [0.1, 0.15) is 30.9 Å². The zero-order valence-electron chi connectivity index (χ0n) is 12.5. The van der Waals surface area contributed by atoms with E-state index in [4.69, 9.17) is 9.84 Å². The number of benzene rings is 1. The van der Waals surface area contributed by atoms with Crippen molar-refractivity contribution in [3.8, 4) is 17.1 Å². The highest BCUT2D eigenvalue weighted by molar-refractivity contribution is 5.68. The minimum atomic E-state index is 0.594. The molecule has 1 aliphatic heterocycles. The molecule has 0 saturated carbocycles. The Kier molecular flexibility index (Phi) is 3.51. The summed E-state index contributed by atoms with van der Waals surface area (Å²) in [5.41, 5.74) is 4.70. The van der Waals surface area contributed by atoms with Gasteiger partial charge in [0.05, 0.1) is 18.8 Å². The van der Waals surface area contributed by atoms with Gasteiger partial charge in [-0.25, -0.2) is 4.68 Å². The largest absolute Gasteiger partial charge is 0.477 e. The molecule has 1 aromatic heterocycles. The van der Waals surface area contributed by atoms with Crippen molar-refractivity contribution >= 4 is 0 Å². The van der Waals surface area contributed by atoms with Crippen LogP contribution in [0.4, 0.5) is 0 Å². The molecule has 0 N–H and O–H groups in total. The van der Waals surface area contributed by atoms with Crippen LogP contribution in [0.2, 0.25) is 0 Å². The lowest BCUT2D eigenvalue weighted by Gasteiger charge is -2.23. The third kappa shape index (κ3) is 2.21. The van der Waals surface area contributed by atoms with Gasteiger partial charge in [-0.05, 0) is 25.8 Å². The molecule has 2 aromatic rings. The van der Waals surface area contributed by atoms with Gasteiger partial charge in [-0.1, -0.05) is 37.6 Å². The van der Waals surface area contributed by atoms with Gasteiger partial charge in [-0.3, -0.25) is 0 Å². The molecule has 0 bridgehead atoms. The lowest BCUT2D eigenvalue weighted by atomic mass is 10.0. The molecule has 0 saturated heterocycles. The molecule has 106 valence electrons. The third-order valence-corrected chi connectivity index (χ3v) is 4.12. The van der Waals surface area contributed by atoms with Crippen LogP contribution in [0.15, 0.2) is 24.3 Å². The molecule has 20 heavy (non-hydrogen) atoms. The number of aromatic nitrogens is 2. The number of hydrogen-bond donors (Lipinski definition) is 0. The Bertz CT molecular complexity index is 615. The molecule has 2 heterocycles. The molecule has 3 rings (SSSR count). The first-order chi connectivity index (χ1) is 9.70. The van der Waals surface area contributed by atoms with Crippen molar-refractivity contribution in [1.29, 1.82) is 0 Å². The molecule has 1 atom stereocenters. The van der Waals surface area contributed by atoms with Crippen molar-refractivity contribution in [2.75, 3.05) is 6.61 Å². The van der Waals surface area contributed by atoms with E-state index in [0.717, 1.165) is 30.3 Å². The van der Waals surface area contributed by atoms with Crippen LogP contribution in [-0.4, -0.2) is 16.4 Å². The highest BCUT2D eigenvalue weighted by atomic mass is 16.5. The molecule has 0 spiro atoms. The second kappa shape index (κ2) is 5.31. The number of nitrogens with zero attached hydrogens (tertiary/aromatic N) is 2. The molecule has 3 nitrogen and oxygen atoms in total. The molecule has 0 fully saturated rings. The molecule has 0 aliphatic carbocycles. The maximum Gasteiger partial charge on any atom is 0.215 e. The Morgan fingerprint density at radius 3 is 2.85 bits per heavy atom. The van der Waals surface area contributed by atoms with Crippen LogP contribution in [-0.2, 0) is 6.54 Å². The molecule has 3 heteroatoms. The van der Waals surface area contributed by atoms with Crippen LogP contribution in [0.25, 0.3) is 11.3 Å². The minimum Gasteiger partial charge on any atom is -0.477 e. The summed E-state index contributed by atoms with van der Waals surface area (Å²) in [7, 11) is 0. The van der Waals surface area contributed by atoms with E-state index in [1.165, 1.54) is 24.0 Å². The normalized spacial score (nSPS) is 17.6. The Morgan fingerprint density at radius 2 is 2.10 bits per heavy atom. The summed E-state index contributed by atoms with van der Waals surface area (Å²) in [5, 5.41) is 4.81. The van der Waals surface area contributed by atoms with Crippen molar-refractivity contribution in [2.24, 2.45) is 5.92 Å². The summed E-state index contributed by atoms with van der Waals surface area (Å²) >= 11 is 0. The van der Waals surface area contributed by atoms with Gasteiger partial charge in [0.2, 0.25) is 5.88 Å². The molecular formula is C17H22N2O. The summed E-state index contributed by atoms with van der Waals surface area (Å²) in [6.45, 7) is 8.28. The van der Waals surface area contributed by atoms with Gasteiger partial charge in [-0.2, -0.15) is 5.10 Å². The van der Waals surface area contributed by atoms with E-state index in [9.17, 15) is 0 Å². The topological polar surface area (TPSA) is 27.1 Å². The first-order valence-corrected chi connectivity index (χ1v) is 7.47. The molecule has 0 radical (unpaired) electrons. The first kappa shape index (κ1) is 13.2. The average Bonchev–Trinajstić information content (AvgIpc) is 2.77. The van der Waals surface area contributed by atoms with Crippen molar-refractivity contribution in [3.05, 3.63) is 35.4 Å². The van der Waals surface area contributed by atoms with Crippen molar-refractivity contribution in [3.63, 3.8) is 0 Å². The second-order valence-corrected chi connectivity index (χ2v) is 5.74. The fourth-order valence-corrected chi connectivity index (χ4v) is 3.01. The standard InChI is InChI=1S/C17H22N2O/c1-4-7-14-10-19-17(20-11-14)13(3)16(18-19)15-9-6-5-8-12(15)2/h5-6,8-9,14H,4,7,10-11H2,1-3H3. The summed E-state index contributed by atoms with van der Waals surface area (Å²) in [6, 6.07) is 8.41. The van der Waals surface area contributed by atoms with Crippen LogP contribution >= 0.6 is 0 Å². The number of aryl methyl sites for hydroxylation is 1. The second-order valence-electron chi connectivity index (χ2n) is 5.74. The maximum absolute atomic E-state index is 5.96. The first-order valence-electron chi connectivity index (χ1n) is 7.47. The quantitative estimate of drug-likeness (QED) is 0.843. The van der Waals surface area contributed by atoms with E-state index in [-0.39, 0.29) is 0 Å². The number of fused-ring (bicyclic) bond motifs is 1. The average molecular weight is 270 g/mol. The van der Waals surface area contributed by atoms with E-state index in [1.54, 1.807) is 0 Å². The highest BCUT2D eigenvalue weighted by Gasteiger charge is 2.25. The van der Waals surface area contributed by atoms with Crippen LogP contribution < -0.4 is 4.74 Å². The van der Waals surface area contributed by atoms with Gasteiger partial charge in [0.1, 0.15) is 0 Å². The predicted octanol–water partition coefficient (Wildman–Crippen LogP) is 3.98. The van der Waals surface area contributed by atoms with Crippen molar-refractivity contribution < 1.29 is 4.74 Å². The van der Waals surface area contributed by atoms with Gasteiger partial charge >= 0.3 is 0 Å². The number of ether oxygens (including phenoxy) is 1. The lowest BCUT2D eigenvalue weighted by molar-refractivity contribution is 0.156. The summed E-state index contributed by atoms with van der Waals surface area (Å²) in [5.74, 6) is 1.55. The molecule has 1 aromatic carbocycles. The fourth-order valence-electron chi connectivity index (χ4n) is 3.01. The van der Waals surface area contributed by atoms with E-state index >= 15 is 0 Å². The Labute approximate surface area is 120 Å². The number of rotatable bonds is 3. The Hall–Kier alpha value is -1.77. The van der Waals surface area contributed by atoms with Gasteiger partial charge in [-0.15, -0.1) is 0 Å². The monoisotopic (exact) mass is 270 g/mol. The van der Waals surface area contributed by atoms with E-state index in [0.29, 0.717) is 5.92 Å². The SMILES string of the molecule is CCCC1COc2c(C)c(-c3ccccc3C)nn2C1. The van der Waals surface area contributed by atoms with E-state index < -0.39 is 0 Å². The molecule has 1 unspecified atom stereocenters. The van der Waals surface area contributed by atoms with Gasteiger partial charge in [0.15, 0.2) is 0 Å². The highest BCUT2D eigenvalue weighted by Crippen LogP contribution is 2.34. The van der Waals surface area contributed by atoms with Crippen molar-refractivity contribution in [2.45, 2.75) is 40.2 Å². The Morgan fingerprint density at radius 1 is 1.30 bits per heavy atom. The summed E-state index contributed by atoms with van der Waals surface area (Å²) < 4.78 is 8.02. The predicted molar refractivity (Wildman–Crippen MR) is 81.0 cm³/mol. The van der Waals surface area contributed by atoms with Gasteiger partial charge < -0.3 is 4.74 Å². The molecule has 1 aliphatic rings. The smallest absolute Gasteiger partial charge is 0.215 e. The van der Waals surface area contributed by atoms with E-state index in [2.05, 4.69) is 49.7 Å².